The van der Waals surface area contributed by atoms with Gasteiger partial charge in [0, 0.05) is 21.3 Å². The Morgan fingerprint density at radius 1 is 0.938 bits per heavy atom. The Hall–Kier alpha value is -3.07. The molecule has 0 aromatic heterocycles. The molecule has 0 atom stereocenters. The molecule has 0 aliphatic carbocycles. The molecule has 0 spiro atoms. The number of halogens is 2. The number of carbonyl (C=O) groups is 2. The summed E-state index contributed by atoms with van der Waals surface area (Å²) in [5.41, 5.74) is 1.63. The smallest absolute Gasteiger partial charge is 0.261 e. The van der Waals surface area contributed by atoms with E-state index in [1.54, 1.807) is 43.3 Å². The van der Waals surface area contributed by atoms with Gasteiger partial charge in [-0.1, -0.05) is 41.4 Å². The van der Waals surface area contributed by atoms with Crippen LogP contribution in [0.15, 0.2) is 71.6 Å². The van der Waals surface area contributed by atoms with E-state index in [0.29, 0.717) is 27.0 Å². The molecule has 0 heterocycles. The van der Waals surface area contributed by atoms with Crippen molar-refractivity contribution in [3.63, 3.8) is 0 Å². The minimum Gasteiger partial charge on any atom is -0.343 e. The van der Waals surface area contributed by atoms with Crippen LogP contribution in [0, 0.1) is 6.92 Å². The van der Waals surface area contributed by atoms with Crippen LogP contribution in [0.3, 0.4) is 0 Å². The van der Waals surface area contributed by atoms with Crippen molar-refractivity contribution in [2.24, 2.45) is 0 Å². The Bertz CT molecular complexity index is 1280. The van der Waals surface area contributed by atoms with Gasteiger partial charge in [0.2, 0.25) is 5.91 Å². The van der Waals surface area contributed by atoms with Crippen LogP contribution >= 0.6 is 23.2 Å². The first-order valence-corrected chi connectivity index (χ1v) is 11.6. The normalized spacial score (nSPS) is 11.0. The van der Waals surface area contributed by atoms with Gasteiger partial charge in [0.25, 0.3) is 15.9 Å². The minimum absolute atomic E-state index is 0.0886. The average molecular weight is 492 g/mol. The Balaban J connectivity index is 1.66. The molecule has 166 valence electrons. The van der Waals surface area contributed by atoms with Gasteiger partial charge in [-0.25, -0.2) is 8.42 Å². The summed E-state index contributed by atoms with van der Waals surface area (Å²) in [6.07, 6.45) is 0. The summed E-state index contributed by atoms with van der Waals surface area (Å²) in [4.78, 5) is 24.5. The second kappa shape index (κ2) is 10.0. The first-order chi connectivity index (χ1) is 15.2. The average Bonchev–Trinajstić information content (AvgIpc) is 2.75. The maximum Gasteiger partial charge on any atom is 0.261 e. The van der Waals surface area contributed by atoms with Crippen molar-refractivity contribution in [1.29, 1.82) is 0 Å². The van der Waals surface area contributed by atoms with Crippen molar-refractivity contribution >= 4 is 56.4 Å². The summed E-state index contributed by atoms with van der Waals surface area (Å²) in [6.45, 7) is 1.46. The van der Waals surface area contributed by atoms with E-state index in [0.717, 1.165) is 0 Å². The molecule has 0 aliphatic heterocycles. The van der Waals surface area contributed by atoms with Crippen molar-refractivity contribution in [2.45, 2.75) is 11.8 Å². The van der Waals surface area contributed by atoms with Gasteiger partial charge < -0.3 is 10.6 Å². The van der Waals surface area contributed by atoms with E-state index < -0.39 is 21.8 Å². The molecule has 3 rings (SSSR count). The van der Waals surface area contributed by atoms with E-state index in [9.17, 15) is 18.0 Å². The Kier molecular flexibility index (Phi) is 7.40. The van der Waals surface area contributed by atoms with E-state index in [1.807, 2.05) is 0 Å². The molecule has 7 nitrogen and oxygen atoms in total. The van der Waals surface area contributed by atoms with Crippen LogP contribution in [-0.4, -0.2) is 26.8 Å². The highest BCUT2D eigenvalue weighted by Crippen LogP contribution is 2.23. The lowest BCUT2D eigenvalue weighted by Gasteiger charge is -2.11. The molecule has 3 aromatic rings. The van der Waals surface area contributed by atoms with E-state index >= 15 is 0 Å². The molecule has 2 amide bonds. The molecular weight excluding hydrogens is 473 g/mol. The maximum atomic E-state index is 12.7. The number of benzene rings is 3. The van der Waals surface area contributed by atoms with Gasteiger partial charge in [0.05, 0.1) is 17.1 Å². The molecule has 0 bridgehead atoms. The number of rotatable bonds is 7. The van der Waals surface area contributed by atoms with Crippen molar-refractivity contribution in [1.82, 2.24) is 5.32 Å². The fourth-order valence-corrected chi connectivity index (χ4v) is 4.23. The Morgan fingerprint density at radius 2 is 1.66 bits per heavy atom. The minimum atomic E-state index is -3.95. The predicted octanol–water partition coefficient (Wildman–Crippen LogP) is 4.47. The quantitative estimate of drug-likeness (QED) is 0.453. The van der Waals surface area contributed by atoms with Crippen LogP contribution in [0.25, 0.3) is 0 Å². The first-order valence-electron chi connectivity index (χ1n) is 9.37. The Morgan fingerprint density at radius 3 is 2.41 bits per heavy atom. The number of amides is 2. The topological polar surface area (TPSA) is 104 Å². The second-order valence-corrected chi connectivity index (χ2v) is 9.31. The monoisotopic (exact) mass is 491 g/mol. The molecular formula is C22H19Cl2N3O4S. The molecule has 3 aromatic carbocycles. The van der Waals surface area contributed by atoms with E-state index in [1.165, 1.54) is 30.3 Å². The fraction of sp³-hybridized carbons (Fsp3) is 0.0909. The van der Waals surface area contributed by atoms with E-state index in [2.05, 4.69) is 15.4 Å². The number of hydrogen-bond donors (Lipinski definition) is 3. The standard InChI is InChI=1S/C22H19Cl2N3O4S/c1-14-19(24)9-4-10-20(14)26-21(28)13-25-22(29)15-5-2-8-18(11-15)32(30,31)27-17-7-3-6-16(23)12-17/h2-12,27H,13H2,1H3,(H,25,29)(H,26,28). The van der Waals surface area contributed by atoms with Gasteiger partial charge in [-0.2, -0.15) is 0 Å². The molecule has 0 radical (unpaired) electrons. The second-order valence-electron chi connectivity index (χ2n) is 6.79. The molecule has 0 unspecified atom stereocenters. The van der Waals surface area contributed by atoms with Crippen LogP contribution in [0.1, 0.15) is 15.9 Å². The van der Waals surface area contributed by atoms with Crippen molar-refractivity contribution in [2.75, 3.05) is 16.6 Å². The number of hydrogen-bond acceptors (Lipinski definition) is 4. The van der Waals surface area contributed by atoms with E-state index in [4.69, 9.17) is 23.2 Å². The van der Waals surface area contributed by atoms with Crippen molar-refractivity contribution < 1.29 is 18.0 Å². The lowest BCUT2D eigenvalue weighted by Crippen LogP contribution is -2.33. The fourth-order valence-electron chi connectivity index (χ4n) is 2.77. The summed E-state index contributed by atoms with van der Waals surface area (Å²) < 4.78 is 27.7. The third-order valence-electron chi connectivity index (χ3n) is 4.43. The largest absolute Gasteiger partial charge is 0.343 e. The lowest BCUT2D eigenvalue weighted by atomic mass is 10.2. The zero-order chi connectivity index (χ0) is 23.3. The van der Waals surface area contributed by atoms with Crippen molar-refractivity contribution in [3.8, 4) is 0 Å². The summed E-state index contributed by atoms with van der Waals surface area (Å²) >= 11 is 11.9. The van der Waals surface area contributed by atoms with Crippen LogP contribution in [0.2, 0.25) is 10.0 Å². The summed E-state index contributed by atoms with van der Waals surface area (Å²) in [6, 6.07) is 16.8. The van der Waals surface area contributed by atoms with Gasteiger partial charge >= 0.3 is 0 Å². The van der Waals surface area contributed by atoms with Gasteiger partial charge in [-0.15, -0.1) is 0 Å². The van der Waals surface area contributed by atoms with Crippen molar-refractivity contribution in [3.05, 3.63) is 87.9 Å². The molecule has 3 N–H and O–H groups in total. The van der Waals surface area contributed by atoms with Gasteiger partial charge in [0.1, 0.15) is 0 Å². The highest BCUT2D eigenvalue weighted by atomic mass is 35.5. The maximum absolute atomic E-state index is 12.7. The third-order valence-corrected chi connectivity index (χ3v) is 6.46. The van der Waals surface area contributed by atoms with Crippen LogP contribution in [0.5, 0.6) is 0 Å². The molecule has 0 aliphatic rings. The number of carbonyl (C=O) groups excluding carboxylic acids is 2. The molecule has 0 fully saturated rings. The zero-order valence-electron chi connectivity index (χ0n) is 16.9. The molecule has 0 saturated carbocycles. The van der Waals surface area contributed by atoms with Crippen LogP contribution < -0.4 is 15.4 Å². The Labute approximate surface area is 195 Å². The summed E-state index contributed by atoms with van der Waals surface area (Å²) in [5.74, 6) is -1.04. The number of sulfonamides is 1. The first kappa shape index (κ1) is 23.6. The molecule has 0 saturated heterocycles. The summed E-state index contributed by atoms with van der Waals surface area (Å²) in [7, 11) is -3.95. The van der Waals surface area contributed by atoms with E-state index in [-0.39, 0.29) is 17.0 Å². The highest BCUT2D eigenvalue weighted by molar-refractivity contribution is 7.92. The van der Waals surface area contributed by atoms with Crippen LogP contribution in [-0.2, 0) is 14.8 Å². The highest BCUT2D eigenvalue weighted by Gasteiger charge is 2.17. The number of anilines is 2. The summed E-state index contributed by atoms with van der Waals surface area (Å²) in [5, 5.41) is 6.03. The molecule has 10 heteroatoms. The zero-order valence-corrected chi connectivity index (χ0v) is 19.2. The van der Waals surface area contributed by atoms with Crippen LogP contribution in [0.4, 0.5) is 11.4 Å². The van der Waals surface area contributed by atoms with Gasteiger partial charge in [0.15, 0.2) is 0 Å². The predicted molar refractivity (Wildman–Crippen MR) is 126 cm³/mol. The SMILES string of the molecule is Cc1c(Cl)cccc1NC(=O)CNC(=O)c1cccc(S(=O)(=O)Nc2cccc(Cl)c2)c1. The number of nitrogens with one attached hydrogen (secondary N) is 3. The van der Waals surface area contributed by atoms with Gasteiger partial charge in [-0.05, 0) is 61.0 Å². The lowest BCUT2D eigenvalue weighted by molar-refractivity contribution is -0.115. The molecule has 32 heavy (non-hydrogen) atoms. The third kappa shape index (κ3) is 6.00. The van der Waals surface area contributed by atoms with Gasteiger partial charge in [-0.3, -0.25) is 14.3 Å².